The van der Waals surface area contributed by atoms with E-state index in [4.69, 9.17) is 5.73 Å². The fraction of sp³-hybridized carbons (Fsp3) is 0.583. The third-order valence-electron chi connectivity index (χ3n) is 2.44. The summed E-state index contributed by atoms with van der Waals surface area (Å²) in [6.07, 6.45) is 2.95. The SMILES string of the molecule is CN(C)CCCN(C)Cc1ccnc(N)c1. The molecule has 0 saturated carbocycles. The predicted octanol–water partition coefficient (Wildman–Crippen LogP) is 1.05. The van der Waals surface area contributed by atoms with Crippen molar-refractivity contribution in [2.24, 2.45) is 0 Å². The van der Waals surface area contributed by atoms with Gasteiger partial charge in [-0.3, -0.25) is 0 Å². The van der Waals surface area contributed by atoms with Gasteiger partial charge in [-0.05, 0) is 58.3 Å². The Kier molecular flexibility index (Phi) is 5.22. The van der Waals surface area contributed by atoms with E-state index in [1.807, 2.05) is 12.1 Å². The van der Waals surface area contributed by atoms with E-state index in [1.165, 1.54) is 12.0 Å². The van der Waals surface area contributed by atoms with Crippen LogP contribution < -0.4 is 5.73 Å². The summed E-state index contributed by atoms with van der Waals surface area (Å²) in [4.78, 5) is 8.50. The van der Waals surface area contributed by atoms with Crippen LogP contribution in [-0.4, -0.2) is 49.0 Å². The number of hydrogen-bond acceptors (Lipinski definition) is 4. The lowest BCUT2D eigenvalue weighted by atomic mass is 10.2. The van der Waals surface area contributed by atoms with Gasteiger partial charge in [-0.1, -0.05) is 0 Å². The zero-order chi connectivity index (χ0) is 12.0. The van der Waals surface area contributed by atoms with Crippen LogP contribution in [0.15, 0.2) is 18.3 Å². The molecule has 1 aromatic rings. The second-order valence-corrected chi connectivity index (χ2v) is 4.48. The number of nitrogen functional groups attached to an aromatic ring is 1. The fourth-order valence-corrected chi connectivity index (χ4v) is 1.64. The van der Waals surface area contributed by atoms with E-state index in [0.717, 1.165) is 19.6 Å². The van der Waals surface area contributed by atoms with Gasteiger partial charge in [0, 0.05) is 12.7 Å². The summed E-state index contributed by atoms with van der Waals surface area (Å²) in [5.41, 5.74) is 6.86. The Labute approximate surface area is 98.1 Å². The Morgan fingerprint density at radius 2 is 2.00 bits per heavy atom. The number of aromatic nitrogens is 1. The molecule has 0 amide bonds. The predicted molar refractivity (Wildman–Crippen MR) is 68.2 cm³/mol. The van der Waals surface area contributed by atoms with Crippen molar-refractivity contribution < 1.29 is 0 Å². The lowest BCUT2D eigenvalue weighted by Crippen LogP contribution is -2.23. The van der Waals surface area contributed by atoms with Gasteiger partial charge in [0.25, 0.3) is 0 Å². The minimum atomic E-state index is 0.596. The fourth-order valence-electron chi connectivity index (χ4n) is 1.64. The van der Waals surface area contributed by atoms with Crippen molar-refractivity contribution >= 4 is 5.82 Å². The van der Waals surface area contributed by atoms with Crippen LogP contribution >= 0.6 is 0 Å². The molecule has 0 fully saturated rings. The molecule has 0 bridgehead atoms. The van der Waals surface area contributed by atoms with Gasteiger partial charge in [0.05, 0.1) is 0 Å². The number of anilines is 1. The van der Waals surface area contributed by atoms with Crippen molar-refractivity contribution in [3.63, 3.8) is 0 Å². The zero-order valence-electron chi connectivity index (χ0n) is 10.5. The smallest absolute Gasteiger partial charge is 0.123 e. The Balaban J connectivity index is 2.31. The Hall–Kier alpha value is -1.13. The summed E-state index contributed by atoms with van der Waals surface area (Å²) in [7, 11) is 6.33. The van der Waals surface area contributed by atoms with Gasteiger partial charge < -0.3 is 15.5 Å². The first kappa shape index (κ1) is 12.9. The van der Waals surface area contributed by atoms with Gasteiger partial charge in [0.15, 0.2) is 0 Å². The van der Waals surface area contributed by atoms with E-state index >= 15 is 0 Å². The maximum atomic E-state index is 5.64. The number of rotatable bonds is 6. The van der Waals surface area contributed by atoms with Crippen molar-refractivity contribution in [1.29, 1.82) is 0 Å². The largest absolute Gasteiger partial charge is 0.384 e. The number of pyridine rings is 1. The maximum Gasteiger partial charge on any atom is 0.123 e. The van der Waals surface area contributed by atoms with Gasteiger partial charge >= 0.3 is 0 Å². The molecule has 0 atom stereocenters. The summed E-state index contributed by atoms with van der Waals surface area (Å²) in [5, 5.41) is 0. The van der Waals surface area contributed by atoms with Crippen molar-refractivity contribution in [1.82, 2.24) is 14.8 Å². The quantitative estimate of drug-likeness (QED) is 0.781. The molecule has 0 radical (unpaired) electrons. The molecule has 0 spiro atoms. The molecule has 4 heteroatoms. The molecule has 0 unspecified atom stereocenters. The summed E-state index contributed by atoms with van der Waals surface area (Å²) in [6, 6.07) is 3.95. The van der Waals surface area contributed by atoms with E-state index in [1.54, 1.807) is 6.20 Å². The number of nitrogens with zero attached hydrogens (tertiary/aromatic N) is 3. The van der Waals surface area contributed by atoms with Crippen LogP contribution in [0.1, 0.15) is 12.0 Å². The van der Waals surface area contributed by atoms with Crippen molar-refractivity contribution in [3.05, 3.63) is 23.9 Å². The van der Waals surface area contributed by atoms with Gasteiger partial charge in [0.2, 0.25) is 0 Å². The van der Waals surface area contributed by atoms with Crippen molar-refractivity contribution in [3.8, 4) is 0 Å². The lowest BCUT2D eigenvalue weighted by molar-refractivity contribution is 0.294. The van der Waals surface area contributed by atoms with Gasteiger partial charge in [0.1, 0.15) is 5.82 Å². The minimum Gasteiger partial charge on any atom is -0.384 e. The van der Waals surface area contributed by atoms with Crippen LogP contribution in [0.25, 0.3) is 0 Å². The zero-order valence-corrected chi connectivity index (χ0v) is 10.5. The van der Waals surface area contributed by atoms with E-state index in [0.29, 0.717) is 5.82 Å². The Morgan fingerprint density at radius 1 is 1.25 bits per heavy atom. The highest BCUT2D eigenvalue weighted by atomic mass is 15.1. The maximum absolute atomic E-state index is 5.64. The van der Waals surface area contributed by atoms with Crippen LogP contribution in [0.5, 0.6) is 0 Å². The monoisotopic (exact) mass is 222 g/mol. The third kappa shape index (κ3) is 5.09. The van der Waals surface area contributed by atoms with Gasteiger partial charge in [-0.15, -0.1) is 0 Å². The average Bonchev–Trinajstić information content (AvgIpc) is 2.16. The lowest BCUT2D eigenvalue weighted by Gasteiger charge is -2.18. The highest BCUT2D eigenvalue weighted by molar-refractivity contribution is 5.31. The molecule has 4 nitrogen and oxygen atoms in total. The van der Waals surface area contributed by atoms with E-state index in [9.17, 15) is 0 Å². The molecule has 0 aromatic carbocycles. The second-order valence-electron chi connectivity index (χ2n) is 4.48. The van der Waals surface area contributed by atoms with Crippen LogP contribution in [-0.2, 0) is 6.54 Å². The third-order valence-corrected chi connectivity index (χ3v) is 2.44. The van der Waals surface area contributed by atoms with Crippen LogP contribution in [0.3, 0.4) is 0 Å². The van der Waals surface area contributed by atoms with E-state index in [2.05, 4.69) is 35.9 Å². The molecule has 0 aliphatic rings. The summed E-state index contributed by atoms with van der Waals surface area (Å²) in [5.74, 6) is 0.596. The highest BCUT2D eigenvalue weighted by Crippen LogP contribution is 2.06. The number of nitrogens with two attached hydrogens (primary N) is 1. The summed E-state index contributed by atoms with van der Waals surface area (Å²) >= 11 is 0. The molecule has 90 valence electrons. The molecule has 0 aliphatic heterocycles. The van der Waals surface area contributed by atoms with Crippen LogP contribution in [0.4, 0.5) is 5.82 Å². The standard InChI is InChI=1S/C12H22N4/c1-15(2)7-4-8-16(3)10-11-5-6-14-12(13)9-11/h5-6,9H,4,7-8,10H2,1-3H3,(H2,13,14). The summed E-state index contributed by atoms with van der Waals surface area (Å²) in [6.45, 7) is 3.16. The minimum absolute atomic E-state index is 0.596. The average molecular weight is 222 g/mol. The molecule has 2 N–H and O–H groups in total. The molecule has 16 heavy (non-hydrogen) atoms. The molecule has 0 aliphatic carbocycles. The highest BCUT2D eigenvalue weighted by Gasteiger charge is 2.01. The molecule has 0 saturated heterocycles. The van der Waals surface area contributed by atoms with Crippen molar-refractivity contribution in [2.45, 2.75) is 13.0 Å². The first-order valence-electron chi connectivity index (χ1n) is 5.61. The Morgan fingerprint density at radius 3 is 2.62 bits per heavy atom. The van der Waals surface area contributed by atoms with Crippen LogP contribution in [0, 0.1) is 0 Å². The van der Waals surface area contributed by atoms with E-state index < -0.39 is 0 Å². The molecule has 1 aromatic heterocycles. The second kappa shape index (κ2) is 6.45. The van der Waals surface area contributed by atoms with Gasteiger partial charge in [-0.25, -0.2) is 4.98 Å². The molecular formula is C12H22N4. The van der Waals surface area contributed by atoms with Gasteiger partial charge in [-0.2, -0.15) is 0 Å². The normalized spacial score (nSPS) is 11.3. The first-order chi connectivity index (χ1) is 7.58. The van der Waals surface area contributed by atoms with Crippen molar-refractivity contribution in [2.75, 3.05) is 40.0 Å². The summed E-state index contributed by atoms with van der Waals surface area (Å²) < 4.78 is 0. The Bertz CT molecular complexity index is 312. The number of hydrogen-bond donors (Lipinski definition) is 1. The topological polar surface area (TPSA) is 45.4 Å². The molecule has 1 heterocycles. The van der Waals surface area contributed by atoms with Crippen LogP contribution in [0.2, 0.25) is 0 Å². The first-order valence-corrected chi connectivity index (χ1v) is 5.61. The molecular weight excluding hydrogens is 200 g/mol. The van der Waals surface area contributed by atoms with E-state index in [-0.39, 0.29) is 0 Å². The molecule has 1 rings (SSSR count).